The molecule has 0 aliphatic rings. The van der Waals surface area contributed by atoms with Gasteiger partial charge in [-0.1, -0.05) is 41.6 Å². The quantitative estimate of drug-likeness (QED) is 0.592. The Bertz CT molecular complexity index is 659. The average molecular weight is 309 g/mol. The minimum Gasteiger partial charge on any atom is -0.488 e. The number of hydrogen-bond acceptors (Lipinski definition) is 1. The van der Waals surface area contributed by atoms with E-state index in [1.807, 2.05) is 18.2 Å². The summed E-state index contributed by atoms with van der Waals surface area (Å²) >= 11 is 11.6. The van der Waals surface area contributed by atoms with Crippen molar-refractivity contribution in [2.45, 2.75) is 6.61 Å². The largest absolute Gasteiger partial charge is 0.488 e. The summed E-state index contributed by atoms with van der Waals surface area (Å²) in [6.07, 6.45) is 0. The summed E-state index contributed by atoms with van der Waals surface area (Å²) in [6.45, 7) is 0.293. The molecular formula is C16H11Cl2FO. The summed E-state index contributed by atoms with van der Waals surface area (Å²) in [6, 6.07) is 11.6. The van der Waals surface area contributed by atoms with Gasteiger partial charge in [0.2, 0.25) is 0 Å². The SMILES string of the molecule is Fc1ccc(OCc2ccccc2Cl)c(C#CCCl)c1. The van der Waals surface area contributed by atoms with Crippen LogP contribution in [0.3, 0.4) is 0 Å². The molecule has 102 valence electrons. The second-order valence-electron chi connectivity index (χ2n) is 3.96. The summed E-state index contributed by atoms with van der Waals surface area (Å²) in [7, 11) is 0. The van der Waals surface area contributed by atoms with Crippen LogP contribution >= 0.6 is 23.2 Å². The van der Waals surface area contributed by atoms with Gasteiger partial charge in [0.1, 0.15) is 18.2 Å². The van der Waals surface area contributed by atoms with Crippen LogP contribution in [0.15, 0.2) is 42.5 Å². The van der Waals surface area contributed by atoms with Crippen LogP contribution in [0.2, 0.25) is 5.02 Å². The second-order valence-corrected chi connectivity index (χ2v) is 4.63. The maximum atomic E-state index is 13.2. The third-order valence-electron chi connectivity index (χ3n) is 2.57. The van der Waals surface area contributed by atoms with E-state index in [9.17, 15) is 4.39 Å². The molecule has 0 atom stereocenters. The molecule has 0 radical (unpaired) electrons. The molecule has 0 spiro atoms. The molecule has 20 heavy (non-hydrogen) atoms. The fourth-order valence-corrected chi connectivity index (χ4v) is 1.88. The van der Waals surface area contributed by atoms with Crippen LogP contribution in [-0.4, -0.2) is 5.88 Å². The van der Waals surface area contributed by atoms with Gasteiger partial charge in [0.25, 0.3) is 0 Å². The Balaban J connectivity index is 2.19. The van der Waals surface area contributed by atoms with E-state index in [0.29, 0.717) is 22.9 Å². The molecular weight excluding hydrogens is 298 g/mol. The van der Waals surface area contributed by atoms with E-state index in [0.717, 1.165) is 5.56 Å². The molecule has 0 unspecified atom stereocenters. The van der Waals surface area contributed by atoms with Crippen LogP contribution < -0.4 is 4.74 Å². The standard InChI is InChI=1S/C16H11Cl2FO/c17-9-3-5-12-10-14(19)7-8-16(12)20-11-13-4-1-2-6-15(13)18/h1-2,4,6-8,10H,9,11H2. The molecule has 0 aliphatic heterocycles. The van der Waals surface area contributed by atoms with Crippen molar-refractivity contribution in [3.05, 3.63) is 64.4 Å². The fraction of sp³-hybridized carbons (Fsp3) is 0.125. The molecule has 0 bridgehead atoms. The van der Waals surface area contributed by atoms with Crippen molar-refractivity contribution in [2.24, 2.45) is 0 Å². The van der Waals surface area contributed by atoms with Crippen LogP contribution in [-0.2, 0) is 6.61 Å². The normalized spacial score (nSPS) is 9.75. The summed E-state index contributed by atoms with van der Waals surface area (Å²) in [5.74, 6) is 5.78. The maximum Gasteiger partial charge on any atom is 0.135 e. The minimum atomic E-state index is -0.367. The number of benzene rings is 2. The van der Waals surface area contributed by atoms with E-state index >= 15 is 0 Å². The molecule has 0 amide bonds. The van der Waals surface area contributed by atoms with E-state index in [4.69, 9.17) is 27.9 Å². The van der Waals surface area contributed by atoms with E-state index in [2.05, 4.69) is 11.8 Å². The Hall–Kier alpha value is -1.69. The molecule has 0 aliphatic carbocycles. The monoisotopic (exact) mass is 308 g/mol. The second kappa shape index (κ2) is 7.19. The summed E-state index contributed by atoms with van der Waals surface area (Å²) in [5, 5.41) is 0.628. The van der Waals surface area contributed by atoms with Gasteiger partial charge in [-0.15, -0.1) is 11.6 Å². The molecule has 0 fully saturated rings. The van der Waals surface area contributed by atoms with Gasteiger partial charge in [-0.25, -0.2) is 4.39 Å². The van der Waals surface area contributed by atoms with E-state index in [1.54, 1.807) is 12.1 Å². The minimum absolute atomic E-state index is 0.181. The highest BCUT2D eigenvalue weighted by Crippen LogP contribution is 2.22. The molecule has 0 N–H and O–H groups in total. The van der Waals surface area contributed by atoms with Crippen LogP contribution in [0.4, 0.5) is 4.39 Å². The smallest absolute Gasteiger partial charge is 0.135 e. The highest BCUT2D eigenvalue weighted by atomic mass is 35.5. The van der Waals surface area contributed by atoms with Gasteiger partial charge in [-0.2, -0.15) is 0 Å². The zero-order valence-electron chi connectivity index (χ0n) is 10.5. The third-order valence-corrected chi connectivity index (χ3v) is 3.07. The molecule has 0 aromatic heterocycles. The lowest BCUT2D eigenvalue weighted by atomic mass is 10.2. The molecule has 0 saturated heterocycles. The van der Waals surface area contributed by atoms with Gasteiger partial charge in [0, 0.05) is 10.6 Å². The number of ether oxygens (including phenoxy) is 1. The van der Waals surface area contributed by atoms with Crippen LogP contribution in [0, 0.1) is 17.7 Å². The molecule has 4 heteroatoms. The molecule has 0 heterocycles. The van der Waals surface area contributed by atoms with E-state index in [1.165, 1.54) is 12.1 Å². The lowest BCUT2D eigenvalue weighted by Gasteiger charge is -2.09. The van der Waals surface area contributed by atoms with Crippen molar-refractivity contribution in [3.8, 4) is 17.6 Å². The Kier molecular flexibility index (Phi) is 5.29. The Morgan fingerprint density at radius 1 is 1.15 bits per heavy atom. The van der Waals surface area contributed by atoms with Gasteiger partial charge in [-0.05, 0) is 24.3 Å². The van der Waals surface area contributed by atoms with E-state index in [-0.39, 0.29) is 11.7 Å². The number of halogens is 3. The first-order valence-corrected chi connectivity index (χ1v) is 6.82. The zero-order chi connectivity index (χ0) is 14.4. The fourth-order valence-electron chi connectivity index (χ4n) is 1.63. The lowest BCUT2D eigenvalue weighted by molar-refractivity contribution is 0.305. The molecule has 1 nitrogen and oxygen atoms in total. The van der Waals surface area contributed by atoms with Crippen LogP contribution in [0.1, 0.15) is 11.1 Å². The average Bonchev–Trinajstić information content (AvgIpc) is 2.45. The first kappa shape index (κ1) is 14.7. The first-order valence-electron chi connectivity index (χ1n) is 5.91. The van der Waals surface area contributed by atoms with Crippen molar-refractivity contribution in [3.63, 3.8) is 0 Å². The Labute approximate surface area is 127 Å². The van der Waals surface area contributed by atoms with Crippen molar-refractivity contribution in [1.29, 1.82) is 0 Å². The number of hydrogen-bond donors (Lipinski definition) is 0. The summed E-state index contributed by atoms with van der Waals surface area (Å²) < 4.78 is 18.9. The molecule has 2 aromatic carbocycles. The van der Waals surface area contributed by atoms with Gasteiger partial charge in [0.15, 0.2) is 0 Å². The zero-order valence-corrected chi connectivity index (χ0v) is 12.0. The first-order chi connectivity index (χ1) is 9.70. The van der Waals surface area contributed by atoms with Gasteiger partial charge in [0.05, 0.1) is 11.4 Å². The van der Waals surface area contributed by atoms with Crippen LogP contribution in [0.5, 0.6) is 5.75 Å². The van der Waals surface area contributed by atoms with Gasteiger partial charge in [-0.3, -0.25) is 0 Å². The van der Waals surface area contributed by atoms with Crippen molar-refractivity contribution in [2.75, 3.05) is 5.88 Å². The predicted octanol–water partition coefficient (Wildman–Crippen LogP) is 4.65. The molecule has 0 saturated carbocycles. The van der Waals surface area contributed by atoms with Crippen molar-refractivity contribution >= 4 is 23.2 Å². The Morgan fingerprint density at radius 2 is 1.95 bits per heavy atom. The lowest BCUT2D eigenvalue weighted by Crippen LogP contribution is -1.98. The summed E-state index contributed by atoms with van der Waals surface area (Å²) in [4.78, 5) is 0. The third kappa shape index (κ3) is 3.90. The van der Waals surface area contributed by atoms with E-state index < -0.39 is 0 Å². The van der Waals surface area contributed by atoms with Gasteiger partial charge < -0.3 is 4.74 Å². The number of rotatable bonds is 3. The topological polar surface area (TPSA) is 9.23 Å². The van der Waals surface area contributed by atoms with Crippen LogP contribution in [0.25, 0.3) is 0 Å². The summed E-state index contributed by atoms with van der Waals surface area (Å²) in [5.41, 5.74) is 1.33. The molecule has 2 rings (SSSR count). The Morgan fingerprint density at radius 3 is 2.70 bits per heavy atom. The number of alkyl halides is 1. The highest BCUT2D eigenvalue weighted by Gasteiger charge is 2.05. The predicted molar refractivity (Wildman–Crippen MR) is 79.8 cm³/mol. The van der Waals surface area contributed by atoms with Gasteiger partial charge >= 0.3 is 0 Å². The molecule has 2 aromatic rings. The highest BCUT2D eigenvalue weighted by molar-refractivity contribution is 6.31. The van der Waals surface area contributed by atoms with Crippen molar-refractivity contribution in [1.82, 2.24) is 0 Å². The van der Waals surface area contributed by atoms with Crippen molar-refractivity contribution < 1.29 is 9.13 Å². The maximum absolute atomic E-state index is 13.2.